The third-order valence-corrected chi connectivity index (χ3v) is 7.67. The number of ketones is 1. The Morgan fingerprint density at radius 3 is 2.40 bits per heavy atom. The number of fused-ring (bicyclic) bond motifs is 4. The van der Waals surface area contributed by atoms with Gasteiger partial charge < -0.3 is 15.0 Å². The van der Waals surface area contributed by atoms with Gasteiger partial charge in [-0.25, -0.2) is 4.79 Å². The quantitative estimate of drug-likeness (QED) is 0.730. The van der Waals surface area contributed by atoms with Crippen LogP contribution in [0.4, 0.5) is 4.79 Å². The molecule has 4 rings (SSSR count). The number of alkyl carbamates (subject to hydrolysis) is 1. The summed E-state index contributed by atoms with van der Waals surface area (Å²) in [6.45, 7) is 6.00. The van der Waals surface area contributed by atoms with Crippen molar-refractivity contribution in [3.8, 4) is 0 Å². The van der Waals surface area contributed by atoms with Gasteiger partial charge in [0.2, 0.25) is 5.91 Å². The summed E-state index contributed by atoms with van der Waals surface area (Å²) in [6.07, 6.45) is 10.4. The molecule has 0 spiro atoms. The minimum atomic E-state index is -0.600. The van der Waals surface area contributed by atoms with Gasteiger partial charge >= 0.3 is 6.09 Å². The molecule has 4 bridgehead atoms. The molecular weight excluding hydrogens is 380 g/mol. The van der Waals surface area contributed by atoms with Gasteiger partial charge in [-0.05, 0) is 77.0 Å². The number of carbonyl (C=O) groups is 3. The van der Waals surface area contributed by atoms with Crippen LogP contribution < -0.4 is 5.32 Å². The molecule has 30 heavy (non-hydrogen) atoms. The first-order valence-electron chi connectivity index (χ1n) is 12.0. The largest absolute Gasteiger partial charge is 0.444 e. The molecule has 0 aromatic carbocycles. The molecule has 3 saturated carbocycles. The highest BCUT2D eigenvalue weighted by Gasteiger charge is 2.47. The average molecular weight is 419 g/mol. The number of hydrogen-bond donors (Lipinski definition) is 1. The molecule has 6 heteroatoms. The molecule has 1 heterocycles. The highest BCUT2D eigenvalue weighted by molar-refractivity contribution is 5.91. The molecule has 2 amide bonds. The van der Waals surface area contributed by atoms with Crippen molar-refractivity contribution in [3.05, 3.63) is 0 Å². The van der Waals surface area contributed by atoms with Crippen molar-refractivity contribution in [2.24, 2.45) is 23.7 Å². The van der Waals surface area contributed by atoms with E-state index in [1.54, 1.807) is 0 Å². The van der Waals surface area contributed by atoms with Crippen LogP contribution in [-0.2, 0) is 14.3 Å². The third-order valence-electron chi connectivity index (χ3n) is 7.67. The maximum atomic E-state index is 13.4. The lowest BCUT2D eigenvalue weighted by molar-refractivity contribution is -0.137. The molecular formula is C24H38N2O4. The van der Waals surface area contributed by atoms with Gasteiger partial charge in [-0.1, -0.05) is 19.3 Å². The van der Waals surface area contributed by atoms with Crippen LogP contribution in [0.2, 0.25) is 0 Å². The van der Waals surface area contributed by atoms with E-state index in [0.29, 0.717) is 25.3 Å². The van der Waals surface area contributed by atoms with Crippen LogP contribution in [0.1, 0.15) is 85.0 Å². The summed E-state index contributed by atoms with van der Waals surface area (Å²) in [7, 11) is 0. The Morgan fingerprint density at radius 2 is 1.83 bits per heavy atom. The highest BCUT2D eigenvalue weighted by Crippen LogP contribution is 2.44. The van der Waals surface area contributed by atoms with Gasteiger partial charge in [-0.3, -0.25) is 9.59 Å². The SMILES string of the molecule is CC(C)(C)OC(=O)N[C@@H](CCC1CC2CCCC(C2)C1)C(=O)N1C[C@@H]2C[C@H]1CC2=O. The minimum absolute atomic E-state index is 0.00107. The van der Waals surface area contributed by atoms with E-state index in [1.807, 2.05) is 25.7 Å². The molecule has 168 valence electrons. The number of rotatable bonds is 5. The summed E-state index contributed by atoms with van der Waals surface area (Å²) in [5, 5.41) is 2.87. The molecule has 4 fully saturated rings. The summed E-state index contributed by atoms with van der Waals surface area (Å²) in [6, 6.07) is -0.539. The van der Waals surface area contributed by atoms with Crippen LogP contribution in [0, 0.1) is 23.7 Å². The summed E-state index contributed by atoms with van der Waals surface area (Å²) in [4.78, 5) is 39.6. The molecule has 0 aromatic heterocycles. The number of amides is 2. The molecule has 0 radical (unpaired) electrons. The Kier molecular flexibility index (Phi) is 6.13. The lowest BCUT2D eigenvalue weighted by Gasteiger charge is -2.39. The molecule has 1 aliphatic heterocycles. The smallest absolute Gasteiger partial charge is 0.408 e. The second-order valence-corrected chi connectivity index (χ2v) is 11.3. The fraction of sp³-hybridized carbons (Fsp3) is 0.875. The predicted molar refractivity (Wildman–Crippen MR) is 114 cm³/mol. The second-order valence-electron chi connectivity index (χ2n) is 11.3. The first-order chi connectivity index (χ1) is 14.2. The van der Waals surface area contributed by atoms with Gasteiger partial charge in [0.05, 0.1) is 0 Å². The molecule has 1 saturated heterocycles. The number of nitrogens with zero attached hydrogens (tertiary/aromatic N) is 1. The van der Waals surface area contributed by atoms with E-state index in [4.69, 9.17) is 4.74 Å². The Balaban J connectivity index is 1.38. The monoisotopic (exact) mass is 418 g/mol. The van der Waals surface area contributed by atoms with Crippen molar-refractivity contribution >= 4 is 17.8 Å². The summed E-state index contributed by atoms with van der Waals surface area (Å²) < 4.78 is 5.44. The maximum absolute atomic E-state index is 13.4. The highest BCUT2D eigenvalue weighted by atomic mass is 16.6. The van der Waals surface area contributed by atoms with Gasteiger partial charge in [0.15, 0.2) is 0 Å². The van der Waals surface area contributed by atoms with Crippen molar-refractivity contribution < 1.29 is 19.1 Å². The van der Waals surface area contributed by atoms with Crippen LogP contribution >= 0.6 is 0 Å². The Morgan fingerprint density at radius 1 is 1.13 bits per heavy atom. The first kappa shape index (κ1) is 21.6. The maximum Gasteiger partial charge on any atom is 0.408 e. The Labute approximate surface area is 180 Å². The Hall–Kier alpha value is -1.59. The number of ether oxygens (including phenoxy) is 1. The lowest BCUT2D eigenvalue weighted by Crippen LogP contribution is -2.52. The number of nitrogens with one attached hydrogen (secondary N) is 1. The number of likely N-dealkylation sites (tertiary alicyclic amines) is 1. The van der Waals surface area contributed by atoms with Crippen LogP contribution in [0.3, 0.4) is 0 Å². The summed E-state index contributed by atoms with van der Waals surface area (Å²) in [5.41, 5.74) is -0.600. The zero-order valence-corrected chi connectivity index (χ0v) is 18.8. The van der Waals surface area contributed by atoms with Gasteiger partial charge in [0.25, 0.3) is 0 Å². The van der Waals surface area contributed by atoms with E-state index in [9.17, 15) is 14.4 Å². The zero-order chi connectivity index (χ0) is 21.5. The molecule has 3 aliphatic carbocycles. The standard InChI is InChI=1S/C24H38N2O4/c1-24(2,3)30-23(29)25-20(22(28)26-14-18-12-19(26)13-21(18)27)8-7-17-10-15-5-4-6-16(9-15)11-17/h15-20H,4-14H2,1-3H3,(H,25,29)/t15?,16?,17?,18-,19-,20-/m0/s1. The Bertz CT molecular complexity index is 673. The number of piperidine rings is 1. The normalized spacial score (nSPS) is 34.0. The summed E-state index contributed by atoms with van der Waals surface area (Å²) >= 11 is 0. The van der Waals surface area contributed by atoms with Crippen LogP contribution in [-0.4, -0.2) is 46.9 Å². The fourth-order valence-electron chi connectivity index (χ4n) is 6.43. The van der Waals surface area contributed by atoms with E-state index < -0.39 is 17.7 Å². The van der Waals surface area contributed by atoms with E-state index in [-0.39, 0.29) is 23.7 Å². The van der Waals surface area contributed by atoms with Gasteiger partial charge in [-0.2, -0.15) is 0 Å². The van der Waals surface area contributed by atoms with Crippen molar-refractivity contribution in [2.75, 3.05) is 6.54 Å². The van der Waals surface area contributed by atoms with E-state index in [1.165, 1.54) is 38.5 Å². The van der Waals surface area contributed by atoms with Crippen LogP contribution in [0.25, 0.3) is 0 Å². The lowest BCUT2D eigenvalue weighted by atomic mass is 9.67. The molecule has 2 unspecified atom stereocenters. The number of hydrogen-bond acceptors (Lipinski definition) is 4. The van der Waals surface area contributed by atoms with E-state index in [2.05, 4.69) is 5.32 Å². The van der Waals surface area contributed by atoms with E-state index in [0.717, 1.165) is 24.7 Å². The fourth-order valence-corrected chi connectivity index (χ4v) is 6.43. The van der Waals surface area contributed by atoms with Crippen LogP contribution in [0.5, 0.6) is 0 Å². The molecule has 6 nitrogen and oxygen atoms in total. The van der Waals surface area contributed by atoms with Crippen molar-refractivity contribution in [1.29, 1.82) is 0 Å². The number of Topliss-reactive ketones (excluding diaryl/α,β-unsaturated/α-hetero) is 1. The topological polar surface area (TPSA) is 75.7 Å². The minimum Gasteiger partial charge on any atom is -0.444 e. The second kappa shape index (κ2) is 8.51. The van der Waals surface area contributed by atoms with Gasteiger partial charge in [0.1, 0.15) is 17.4 Å². The molecule has 5 atom stereocenters. The predicted octanol–water partition coefficient (Wildman–Crippen LogP) is 4.07. The van der Waals surface area contributed by atoms with E-state index >= 15 is 0 Å². The average Bonchev–Trinajstić information content (AvgIpc) is 3.22. The molecule has 4 aliphatic rings. The zero-order valence-electron chi connectivity index (χ0n) is 18.8. The molecule has 1 N–H and O–H groups in total. The molecule has 0 aromatic rings. The first-order valence-corrected chi connectivity index (χ1v) is 12.0. The summed E-state index contributed by atoms with van der Waals surface area (Å²) in [5.74, 6) is 2.62. The van der Waals surface area contributed by atoms with Crippen molar-refractivity contribution in [1.82, 2.24) is 10.2 Å². The van der Waals surface area contributed by atoms with Gasteiger partial charge in [0, 0.05) is 24.9 Å². The van der Waals surface area contributed by atoms with Gasteiger partial charge in [-0.15, -0.1) is 0 Å². The van der Waals surface area contributed by atoms with Crippen molar-refractivity contribution in [3.63, 3.8) is 0 Å². The van der Waals surface area contributed by atoms with Crippen molar-refractivity contribution in [2.45, 2.75) is 103 Å². The third kappa shape index (κ3) is 5.00. The number of carbonyl (C=O) groups excluding carboxylic acids is 3. The van der Waals surface area contributed by atoms with Crippen LogP contribution in [0.15, 0.2) is 0 Å².